The van der Waals surface area contributed by atoms with Crippen molar-refractivity contribution in [3.8, 4) is 0 Å². The molecule has 1 aromatic rings. The summed E-state index contributed by atoms with van der Waals surface area (Å²) in [7, 11) is 0. The van der Waals surface area contributed by atoms with Crippen LogP contribution >= 0.6 is 11.6 Å². The maximum atomic E-state index is 10.1. The average Bonchev–Trinajstić information content (AvgIpc) is 3.01. The Balaban J connectivity index is 0.000000181. The van der Waals surface area contributed by atoms with Gasteiger partial charge in [-0.1, -0.05) is 23.7 Å². The summed E-state index contributed by atoms with van der Waals surface area (Å²) < 4.78 is 0. The van der Waals surface area contributed by atoms with E-state index >= 15 is 0 Å². The second-order valence-electron chi connectivity index (χ2n) is 3.39. The van der Waals surface area contributed by atoms with Crippen LogP contribution in [0.5, 0.6) is 0 Å². The lowest BCUT2D eigenvalue weighted by Gasteiger charge is -1.90. The molecule has 86 valence electrons. The monoisotopic (exact) mass is 242 g/mol. The number of benzene rings is 1. The van der Waals surface area contributed by atoms with Gasteiger partial charge in [0, 0.05) is 12.0 Å². The number of para-hydroxylation sites is 1. The Morgan fingerprint density at radius 1 is 1.44 bits per heavy atom. The van der Waals surface area contributed by atoms with Gasteiger partial charge in [0.2, 0.25) is 5.91 Å². The number of nitrogens with zero attached hydrogens (tertiary/aromatic N) is 1. The van der Waals surface area contributed by atoms with Gasteiger partial charge < -0.3 is 5.73 Å². The first-order valence-corrected chi connectivity index (χ1v) is 5.08. The highest BCUT2D eigenvalue weighted by molar-refractivity contribution is 6.32. The van der Waals surface area contributed by atoms with Crippen molar-refractivity contribution in [3.63, 3.8) is 0 Å². The first kappa shape index (κ1) is 12.4. The van der Waals surface area contributed by atoms with Crippen molar-refractivity contribution in [1.82, 2.24) is 0 Å². The molecular weight excluding hydrogens is 232 g/mol. The summed E-state index contributed by atoms with van der Waals surface area (Å²) in [5.41, 5.74) is 4.81. The number of hydrogen-bond acceptors (Lipinski definition) is 3. The molecule has 0 atom stereocenters. The predicted molar refractivity (Wildman–Crippen MR) is 60.0 cm³/mol. The number of halogens is 1. The van der Waals surface area contributed by atoms with Crippen LogP contribution in [0.3, 0.4) is 0 Å². The zero-order valence-corrected chi connectivity index (χ0v) is 9.18. The van der Waals surface area contributed by atoms with E-state index in [4.69, 9.17) is 17.3 Å². The Morgan fingerprint density at radius 2 is 2.00 bits per heavy atom. The van der Waals surface area contributed by atoms with Gasteiger partial charge in [0.25, 0.3) is 5.69 Å². The first-order chi connectivity index (χ1) is 7.52. The molecule has 0 heterocycles. The third-order valence-corrected chi connectivity index (χ3v) is 2.35. The summed E-state index contributed by atoms with van der Waals surface area (Å²) in [6.07, 6.45) is 2.05. The van der Waals surface area contributed by atoms with Crippen LogP contribution in [0.15, 0.2) is 24.3 Å². The molecular formula is C10H11ClN2O3. The van der Waals surface area contributed by atoms with E-state index in [1.165, 1.54) is 12.1 Å². The highest BCUT2D eigenvalue weighted by Crippen LogP contribution is 2.27. The number of amides is 1. The van der Waals surface area contributed by atoms with E-state index < -0.39 is 4.92 Å². The van der Waals surface area contributed by atoms with Gasteiger partial charge in [-0.2, -0.15) is 0 Å². The van der Waals surface area contributed by atoms with Gasteiger partial charge in [0.15, 0.2) is 0 Å². The number of nitro benzene ring substituents is 1. The zero-order valence-electron chi connectivity index (χ0n) is 8.43. The van der Waals surface area contributed by atoms with E-state index in [1.807, 2.05) is 0 Å². The molecule has 0 bridgehead atoms. The molecule has 1 aromatic carbocycles. The van der Waals surface area contributed by atoms with Crippen molar-refractivity contribution in [3.05, 3.63) is 39.4 Å². The highest BCUT2D eigenvalue weighted by atomic mass is 35.5. The van der Waals surface area contributed by atoms with Gasteiger partial charge in [-0.15, -0.1) is 0 Å². The fourth-order valence-corrected chi connectivity index (χ4v) is 1.17. The smallest absolute Gasteiger partial charge is 0.287 e. The number of hydrogen-bond donors (Lipinski definition) is 1. The molecule has 1 amide bonds. The zero-order chi connectivity index (χ0) is 12.1. The second kappa shape index (κ2) is 5.46. The van der Waals surface area contributed by atoms with Crippen LogP contribution < -0.4 is 5.73 Å². The number of carbonyl (C=O) groups excluding carboxylic acids is 1. The summed E-state index contributed by atoms with van der Waals surface area (Å²) in [4.78, 5) is 19.6. The summed E-state index contributed by atoms with van der Waals surface area (Å²) in [5, 5.41) is 10.3. The molecule has 0 spiro atoms. The quantitative estimate of drug-likeness (QED) is 0.637. The molecule has 1 saturated carbocycles. The van der Waals surface area contributed by atoms with Crippen LogP contribution in [-0.4, -0.2) is 10.8 Å². The third-order valence-electron chi connectivity index (χ3n) is 2.03. The van der Waals surface area contributed by atoms with E-state index in [2.05, 4.69) is 0 Å². The number of rotatable bonds is 2. The fraction of sp³-hybridized carbons (Fsp3) is 0.300. The number of carbonyl (C=O) groups is 1. The molecule has 5 nitrogen and oxygen atoms in total. The standard InChI is InChI=1S/C6H4ClNO2.C4H7NO/c7-5-3-1-2-4-6(5)8(9)10;5-4(6)3-1-2-3/h1-4H;3H,1-2H2,(H2,5,6). The Bertz CT molecular complexity index is 405. The molecule has 0 radical (unpaired) electrons. The van der Waals surface area contributed by atoms with Crippen LogP contribution in [0, 0.1) is 16.0 Å². The van der Waals surface area contributed by atoms with Crippen molar-refractivity contribution in [2.24, 2.45) is 11.7 Å². The molecule has 2 rings (SSSR count). The van der Waals surface area contributed by atoms with Gasteiger partial charge in [-0.05, 0) is 18.9 Å². The molecule has 2 N–H and O–H groups in total. The minimum Gasteiger partial charge on any atom is -0.369 e. The Kier molecular flexibility index (Phi) is 4.25. The second-order valence-corrected chi connectivity index (χ2v) is 3.79. The van der Waals surface area contributed by atoms with Crippen molar-refractivity contribution in [1.29, 1.82) is 0 Å². The lowest BCUT2D eigenvalue weighted by Crippen LogP contribution is -2.11. The topological polar surface area (TPSA) is 86.2 Å². The summed E-state index contributed by atoms with van der Waals surface area (Å²) >= 11 is 5.48. The maximum absolute atomic E-state index is 10.1. The van der Waals surface area contributed by atoms with E-state index in [0.717, 1.165) is 12.8 Å². The van der Waals surface area contributed by atoms with Gasteiger partial charge in [-0.25, -0.2) is 0 Å². The lowest BCUT2D eigenvalue weighted by atomic mass is 10.3. The summed E-state index contributed by atoms with van der Waals surface area (Å²) in [6, 6.07) is 6.07. The van der Waals surface area contributed by atoms with Gasteiger partial charge >= 0.3 is 0 Å². The number of nitro groups is 1. The van der Waals surface area contributed by atoms with Gasteiger partial charge in [-0.3, -0.25) is 14.9 Å². The van der Waals surface area contributed by atoms with Crippen LogP contribution in [-0.2, 0) is 4.79 Å². The molecule has 0 aliphatic heterocycles. The van der Waals surface area contributed by atoms with Crippen LogP contribution in [0.25, 0.3) is 0 Å². The molecule has 0 saturated heterocycles. The molecule has 0 unspecified atom stereocenters. The first-order valence-electron chi connectivity index (χ1n) is 4.70. The minimum atomic E-state index is -0.512. The molecule has 16 heavy (non-hydrogen) atoms. The number of primary amides is 1. The SMILES string of the molecule is NC(=O)C1CC1.O=[N+]([O-])c1ccccc1Cl. The average molecular weight is 243 g/mol. The fourth-order valence-electron chi connectivity index (χ4n) is 0.968. The van der Waals surface area contributed by atoms with Crippen LogP contribution in [0.4, 0.5) is 5.69 Å². The van der Waals surface area contributed by atoms with E-state index in [9.17, 15) is 14.9 Å². The van der Waals surface area contributed by atoms with Crippen molar-refractivity contribution in [2.45, 2.75) is 12.8 Å². The van der Waals surface area contributed by atoms with Crippen molar-refractivity contribution < 1.29 is 9.72 Å². The normalized spacial score (nSPS) is 13.6. The van der Waals surface area contributed by atoms with Crippen molar-refractivity contribution in [2.75, 3.05) is 0 Å². The van der Waals surface area contributed by atoms with Crippen LogP contribution in [0.2, 0.25) is 5.02 Å². The van der Waals surface area contributed by atoms with Gasteiger partial charge in [0.1, 0.15) is 5.02 Å². The third kappa shape index (κ3) is 3.86. The summed E-state index contributed by atoms with van der Waals surface area (Å²) in [5.74, 6) is 0.111. The molecule has 0 aromatic heterocycles. The Labute approximate surface area is 97.3 Å². The Morgan fingerprint density at radius 3 is 2.25 bits per heavy atom. The van der Waals surface area contributed by atoms with Crippen LogP contribution in [0.1, 0.15) is 12.8 Å². The molecule has 1 fully saturated rings. The predicted octanol–water partition coefficient (Wildman–Crippen LogP) is 2.13. The maximum Gasteiger partial charge on any atom is 0.287 e. The van der Waals surface area contributed by atoms with Gasteiger partial charge in [0.05, 0.1) is 4.92 Å². The number of nitrogens with two attached hydrogens (primary N) is 1. The summed E-state index contributed by atoms with van der Waals surface area (Å²) in [6.45, 7) is 0. The Hall–Kier alpha value is -1.62. The molecule has 1 aliphatic rings. The largest absolute Gasteiger partial charge is 0.369 e. The molecule has 1 aliphatic carbocycles. The molecule has 6 heteroatoms. The van der Waals surface area contributed by atoms with Crippen molar-refractivity contribution >= 4 is 23.2 Å². The highest BCUT2D eigenvalue weighted by Gasteiger charge is 2.26. The minimum absolute atomic E-state index is 0.0517. The lowest BCUT2D eigenvalue weighted by molar-refractivity contribution is -0.384. The van der Waals surface area contributed by atoms with E-state index in [1.54, 1.807) is 12.1 Å². The van der Waals surface area contributed by atoms with E-state index in [0.29, 0.717) is 0 Å². The van der Waals surface area contributed by atoms with E-state index in [-0.39, 0.29) is 22.5 Å².